The third kappa shape index (κ3) is 4.25. The summed E-state index contributed by atoms with van der Waals surface area (Å²) in [5, 5.41) is 4.58. The van der Waals surface area contributed by atoms with Gasteiger partial charge in [0.1, 0.15) is 0 Å². The predicted molar refractivity (Wildman–Crippen MR) is 122 cm³/mol. The van der Waals surface area contributed by atoms with E-state index in [0.717, 1.165) is 23.5 Å². The Balaban J connectivity index is 1.76. The normalized spacial score (nSPS) is 12.1. The standard InChI is InChI=1S/C25H27N5/c1-19(2)17-29-18-21(14-28-29)25-11-5-4-10-24(25)20(3)30(22-8-6-12-26-15-22)23-9-7-13-27-16-23/h4-16,18-20H,17H2,1-3H3. The van der Waals surface area contributed by atoms with Crippen molar-refractivity contribution < 1.29 is 0 Å². The summed E-state index contributed by atoms with van der Waals surface area (Å²) in [5.41, 5.74) is 5.62. The van der Waals surface area contributed by atoms with Gasteiger partial charge in [-0.1, -0.05) is 38.1 Å². The molecule has 30 heavy (non-hydrogen) atoms. The van der Waals surface area contributed by atoms with E-state index in [9.17, 15) is 0 Å². The molecule has 0 fully saturated rings. The molecule has 5 heteroatoms. The summed E-state index contributed by atoms with van der Waals surface area (Å²) in [6.45, 7) is 7.54. The highest BCUT2D eigenvalue weighted by atomic mass is 15.3. The van der Waals surface area contributed by atoms with E-state index in [1.54, 1.807) is 12.4 Å². The first kappa shape index (κ1) is 19.8. The van der Waals surface area contributed by atoms with Gasteiger partial charge in [-0.05, 0) is 48.2 Å². The minimum absolute atomic E-state index is 0.0723. The minimum atomic E-state index is 0.0723. The topological polar surface area (TPSA) is 46.8 Å². The van der Waals surface area contributed by atoms with Crippen LogP contribution in [0.15, 0.2) is 85.7 Å². The second-order valence-corrected chi connectivity index (χ2v) is 7.90. The smallest absolute Gasteiger partial charge is 0.0603 e. The molecular formula is C25H27N5. The van der Waals surface area contributed by atoms with E-state index in [1.807, 2.05) is 35.4 Å². The van der Waals surface area contributed by atoms with Crippen LogP contribution < -0.4 is 4.90 Å². The highest BCUT2D eigenvalue weighted by Crippen LogP contribution is 2.38. The number of benzene rings is 1. The summed E-state index contributed by atoms with van der Waals surface area (Å²) in [4.78, 5) is 11.0. The molecule has 0 aliphatic heterocycles. The van der Waals surface area contributed by atoms with E-state index < -0.39 is 0 Å². The minimum Gasteiger partial charge on any atom is -0.332 e. The summed E-state index contributed by atoms with van der Waals surface area (Å²) in [6.07, 6.45) is 11.5. The van der Waals surface area contributed by atoms with Crippen molar-refractivity contribution in [2.75, 3.05) is 4.90 Å². The molecule has 1 aromatic carbocycles. The molecule has 0 aliphatic rings. The van der Waals surface area contributed by atoms with Crippen LogP contribution in [0.5, 0.6) is 0 Å². The van der Waals surface area contributed by atoms with Crippen molar-refractivity contribution in [3.05, 3.63) is 91.3 Å². The van der Waals surface area contributed by atoms with Gasteiger partial charge in [-0.25, -0.2) is 0 Å². The molecule has 1 atom stereocenters. The number of pyridine rings is 2. The fourth-order valence-corrected chi connectivity index (χ4v) is 3.83. The highest BCUT2D eigenvalue weighted by molar-refractivity contribution is 5.70. The molecule has 4 aromatic rings. The molecule has 0 aliphatic carbocycles. The van der Waals surface area contributed by atoms with Crippen molar-refractivity contribution >= 4 is 11.4 Å². The first-order chi connectivity index (χ1) is 14.6. The third-order valence-corrected chi connectivity index (χ3v) is 5.14. The average molecular weight is 398 g/mol. The Morgan fingerprint density at radius 3 is 2.10 bits per heavy atom. The number of hydrogen-bond acceptors (Lipinski definition) is 4. The zero-order valence-corrected chi connectivity index (χ0v) is 17.7. The Labute approximate surface area is 178 Å². The lowest BCUT2D eigenvalue weighted by atomic mass is 9.96. The number of rotatable bonds is 7. The van der Waals surface area contributed by atoms with Crippen molar-refractivity contribution in [1.29, 1.82) is 0 Å². The Kier molecular flexibility index (Phi) is 5.89. The van der Waals surface area contributed by atoms with E-state index in [4.69, 9.17) is 0 Å². The van der Waals surface area contributed by atoms with Crippen molar-refractivity contribution in [2.45, 2.75) is 33.4 Å². The fourth-order valence-electron chi connectivity index (χ4n) is 3.83. The summed E-state index contributed by atoms with van der Waals surface area (Å²) >= 11 is 0. The van der Waals surface area contributed by atoms with Crippen LogP contribution in [0, 0.1) is 5.92 Å². The summed E-state index contributed by atoms with van der Waals surface area (Å²) in [7, 11) is 0. The molecule has 0 spiro atoms. The second-order valence-electron chi connectivity index (χ2n) is 7.90. The van der Waals surface area contributed by atoms with Crippen molar-refractivity contribution in [2.24, 2.45) is 5.92 Å². The maximum atomic E-state index is 4.58. The Morgan fingerprint density at radius 2 is 1.50 bits per heavy atom. The summed E-state index contributed by atoms with van der Waals surface area (Å²) < 4.78 is 2.03. The van der Waals surface area contributed by atoms with Gasteiger partial charge in [-0.15, -0.1) is 0 Å². The molecule has 0 saturated heterocycles. The Bertz CT molecular complexity index is 1030. The molecule has 0 N–H and O–H groups in total. The van der Waals surface area contributed by atoms with Gasteiger partial charge in [0, 0.05) is 30.7 Å². The molecule has 3 heterocycles. The monoisotopic (exact) mass is 397 g/mol. The molecule has 0 saturated carbocycles. The number of aromatic nitrogens is 4. The van der Waals surface area contributed by atoms with Crippen LogP contribution >= 0.6 is 0 Å². The van der Waals surface area contributed by atoms with Crippen LogP contribution in [-0.4, -0.2) is 19.7 Å². The van der Waals surface area contributed by atoms with E-state index in [1.165, 1.54) is 11.1 Å². The highest BCUT2D eigenvalue weighted by Gasteiger charge is 2.22. The third-order valence-electron chi connectivity index (χ3n) is 5.14. The van der Waals surface area contributed by atoms with Gasteiger partial charge in [0.15, 0.2) is 0 Å². The molecule has 3 aromatic heterocycles. The van der Waals surface area contributed by atoms with Gasteiger partial charge in [-0.3, -0.25) is 14.6 Å². The molecule has 4 rings (SSSR count). The van der Waals surface area contributed by atoms with E-state index >= 15 is 0 Å². The molecule has 0 bridgehead atoms. The second kappa shape index (κ2) is 8.91. The summed E-state index contributed by atoms with van der Waals surface area (Å²) in [5.74, 6) is 0.554. The van der Waals surface area contributed by atoms with Gasteiger partial charge < -0.3 is 4.90 Å². The molecule has 0 amide bonds. The number of nitrogens with zero attached hydrogens (tertiary/aromatic N) is 5. The van der Waals surface area contributed by atoms with Crippen LogP contribution in [0.3, 0.4) is 0 Å². The average Bonchev–Trinajstić information content (AvgIpc) is 3.23. The lowest BCUT2D eigenvalue weighted by Gasteiger charge is -2.32. The molecule has 0 radical (unpaired) electrons. The van der Waals surface area contributed by atoms with Crippen LogP contribution in [0.1, 0.15) is 32.4 Å². The fraction of sp³-hybridized carbons (Fsp3) is 0.240. The first-order valence-electron chi connectivity index (χ1n) is 10.3. The van der Waals surface area contributed by atoms with Crippen molar-refractivity contribution in [3.8, 4) is 11.1 Å². The van der Waals surface area contributed by atoms with E-state index in [-0.39, 0.29) is 6.04 Å². The van der Waals surface area contributed by atoms with Crippen LogP contribution in [0.4, 0.5) is 11.4 Å². The molecular weight excluding hydrogens is 370 g/mol. The van der Waals surface area contributed by atoms with E-state index in [0.29, 0.717) is 5.92 Å². The van der Waals surface area contributed by atoms with Gasteiger partial charge in [0.25, 0.3) is 0 Å². The molecule has 152 valence electrons. The van der Waals surface area contributed by atoms with Gasteiger partial charge in [0.05, 0.1) is 36.0 Å². The maximum Gasteiger partial charge on any atom is 0.0603 e. The summed E-state index contributed by atoms with van der Waals surface area (Å²) in [6, 6.07) is 16.7. The van der Waals surface area contributed by atoms with Crippen LogP contribution in [0.2, 0.25) is 0 Å². The van der Waals surface area contributed by atoms with Crippen LogP contribution in [0.25, 0.3) is 11.1 Å². The lowest BCUT2D eigenvalue weighted by Crippen LogP contribution is -2.22. The zero-order chi connectivity index (χ0) is 20.9. The van der Waals surface area contributed by atoms with E-state index in [2.05, 4.69) is 83.3 Å². The van der Waals surface area contributed by atoms with Crippen molar-refractivity contribution in [1.82, 2.24) is 19.7 Å². The largest absolute Gasteiger partial charge is 0.332 e. The van der Waals surface area contributed by atoms with Crippen molar-refractivity contribution in [3.63, 3.8) is 0 Å². The van der Waals surface area contributed by atoms with Crippen LogP contribution in [-0.2, 0) is 6.54 Å². The number of anilines is 2. The predicted octanol–water partition coefficient (Wildman–Crippen LogP) is 5.90. The zero-order valence-electron chi connectivity index (χ0n) is 17.7. The quantitative estimate of drug-likeness (QED) is 0.390. The first-order valence-corrected chi connectivity index (χ1v) is 10.3. The number of hydrogen-bond donors (Lipinski definition) is 0. The molecule has 5 nitrogen and oxygen atoms in total. The molecule has 1 unspecified atom stereocenters. The van der Waals surface area contributed by atoms with Gasteiger partial charge in [-0.2, -0.15) is 5.10 Å². The maximum absolute atomic E-state index is 4.58. The Hall–Kier alpha value is -3.47. The van der Waals surface area contributed by atoms with Gasteiger partial charge in [0.2, 0.25) is 0 Å². The SMILES string of the molecule is CC(C)Cn1cc(-c2ccccc2C(C)N(c2cccnc2)c2cccnc2)cn1. The lowest BCUT2D eigenvalue weighted by molar-refractivity contribution is 0.483. The Morgan fingerprint density at radius 1 is 0.833 bits per heavy atom. The van der Waals surface area contributed by atoms with Gasteiger partial charge >= 0.3 is 0 Å².